The molecule has 1 aromatic rings. The van der Waals surface area contributed by atoms with Crippen LogP contribution in [0.4, 0.5) is 0 Å². The topological polar surface area (TPSA) is 108 Å². The van der Waals surface area contributed by atoms with E-state index in [0.717, 1.165) is 5.56 Å². The van der Waals surface area contributed by atoms with Gasteiger partial charge in [-0.15, -0.1) is 0 Å². The van der Waals surface area contributed by atoms with Crippen LogP contribution < -0.4 is 10.6 Å². The van der Waals surface area contributed by atoms with Crippen LogP contribution in [0.2, 0.25) is 0 Å². The molecule has 4 rings (SSSR count). The molecule has 3 aliphatic heterocycles. The third kappa shape index (κ3) is 4.31. The predicted octanol–water partition coefficient (Wildman–Crippen LogP) is 1.35. The number of carbonyl (C=O) groups excluding carboxylic acids is 3. The first-order chi connectivity index (χ1) is 15.6. The summed E-state index contributed by atoms with van der Waals surface area (Å²) in [5.41, 5.74) is -0.603. The van der Waals surface area contributed by atoms with Gasteiger partial charge in [-0.05, 0) is 39.2 Å². The first kappa shape index (κ1) is 24.2. The Morgan fingerprint density at radius 1 is 1.24 bits per heavy atom. The van der Waals surface area contributed by atoms with Gasteiger partial charge in [0.25, 0.3) is 0 Å². The van der Waals surface area contributed by atoms with Gasteiger partial charge >= 0.3 is 0 Å². The van der Waals surface area contributed by atoms with E-state index in [4.69, 9.17) is 4.74 Å². The van der Waals surface area contributed by atoms with Gasteiger partial charge in [0.05, 0.1) is 17.9 Å². The van der Waals surface area contributed by atoms with Crippen LogP contribution in [0.5, 0.6) is 0 Å². The van der Waals surface area contributed by atoms with Crippen LogP contribution in [0, 0.1) is 11.8 Å². The van der Waals surface area contributed by atoms with Gasteiger partial charge in [0, 0.05) is 30.1 Å². The minimum Gasteiger partial charge on any atom is -0.396 e. The van der Waals surface area contributed by atoms with Crippen LogP contribution in [0.15, 0.2) is 30.3 Å². The van der Waals surface area contributed by atoms with Gasteiger partial charge in [-0.25, -0.2) is 0 Å². The molecule has 3 saturated heterocycles. The van der Waals surface area contributed by atoms with Crippen LogP contribution in [0.25, 0.3) is 0 Å². The lowest BCUT2D eigenvalue weighted by atomic mass is 9.70. The lowest BCUT2D eigenvalue weighted by Crippen LogP contribution is -2.58. The number of aliphatic hydroxyl groups is 1. The van der Waals surface area contributed by atoms with E-state index in [1.165, 1.54) is 4.90 Å². The molecular weight excluding hydrogens is 490 g/mol. The number of carbonyl (C=O) groups is 3. The first-order valence-corrected chi connectivity index (χ1v) is 12.4. The Morgan fingerprint density at radius 3 is 2.58 bits per heavy atom. The molecule has 3 N–H and O–H groups in total. The number of hydrogen-bond acceptors (Lipinski definition) is 5. The van der Waals surface area contributed by atoms with Crippen LogP contribution in [0.1, 0.15) is 39.2 Å². The molecule has 180 valence electrons. The molecule has 6 atom stereocenters. The Balaban J connectivity index is 1.63. The number of nitrogens with zero attached hydrogens (tertiary/aromatic N) is 1. The molecule has 1 spiro atoms. The number of nitrogens with one attached hydrogen (secondary N) is 2. The van der Waals surface area contributed by atoms with Gasteiger partial charge in [0.15, 0.2) is 0 Å². The number of aliphatic hydroxyl groups excluding tert-OH is 1. The average Bonchev–Trinajstić information content (AvgIpc) is 3.33. The monoisotopic (exact) mass is 521 g/mol. The highest BCUT2D eigenvalue weighted by molar-refractivity contribution is 9.09. The quantitative estimate of drug-likeness (QED) is 0.469. The van der Waals surface area contributed by atoms with Gasteiger partial charge in [0.2, 0.25) is 17.7 Å². The second-order valence-corrected chi connectivity index (χ2v) is 11.4. The largest absolute Gasteiger partial charge is 0.396 e. The van der Waals surface area contributed by atoms with E-state index in [1.54, 1.807) is 0 Å². The van der Waals surface area contributed by atoms with E-state index < -0.39 is 35.1 Å². The fraction of sp³-hybridized carbons (Fsp3) is 0.625. The van der Waals surface area contributed by atoms with Crippen molar-refractivity contribution in [1.29, 1.82) is 0 Å². The highest BCUT2D eigenvalue weighted by Crippen LogP contribution is 2.60. The number of halogens is 1. The molecule has 0 radical (unpaired) electrons. The molecule has 3 unspecified atom stereocenters. The Hall–Kier alpha value is -1.97. The Kier molecular flexibility index (Phi) is 6.59. The zero-order valence-corrected chi connectivity index (χ0v) is 20.8. The number of likely N-dealkylation sites (tertiary alicyclic amines) is 1. The van der Waals surface area contributed by atoms with Crippen molar-refractivity contribution in [2.45, 2.75) is 68.3 Å². The predicted molar refractivity (Wildman–Crippen MR) is 125 cm³/mol. The standard InChI is InChI=1S/C24H32BrN3O5/c1-23(2,3)27-21(31)19-24-12-15(25)18(33-24)16(17(24)22(32)28(19)10-7-11-29)20(30)26-13-14-8-5-4-6-9-14/h4-6,8-9,15-19,29H,7,10-13H2,1-3H3,(H,26,30)(H,27,31)/t15?,16-,17+,18-,19?,24?/m1/s1. The zero-order chi connectivity index (χ0) is 24.0. The summed E-state index contributed by atoms with van der Waals surface area (Å²) < 4.78 is 6.42. The second-order valence-electron chi connectivity index (χ2n) is 10.2. The van der Waals surface area contributed by atoms with E-state index in [9.17, 15) is 19.5 Å². The number of hydrogen-bond donors (Lipinski definition) is 3. The molecule has 8 nitrogen and oxygen atoms in total. The average molecular weight is 522 g/mol. The van der Waals surface area contributed by atoms with Crippen molar-refractivity contribution < 1.29 is 24.2 Å². The minimum atomic E-state index is -1.07. The van der Waals surface area contributed by atoms with Crippen molar-refractivity contribution in [1.82, 2.24) is 15.5 Å². The number of ether oxygens (including phenoxy) is 1. The minimum absolute atomic E-state index is 0.0966. The van der Waals surface area contributed by atoms with E-state index >= 15 is 0 Å². The summed E-state index contributed by atoms with van der Waals surface area (Å²) in [5, 5.41) is 15.3. The maximum absolute atomic E-state index is 13.6. The summed E-state index contributed by atoms with van der Waals surface area (Å²) in [6.45, 7) is 6.14. The maximum Gasteiger partial charge on any atom is 0.246 e. The third-order valence-corrected chi connectivity index (χ3v) is 7.55. The molecule has 0 aromatic heterocycles. The van der Waals surface area contributed by atoms with Gasteiger partial charge in [0.1, 0.15) is 11.6 Å². The van der Waals surface area contributed by atoms with E-state index in [0.29, 0.717) is 19.4 Å². The summed E-state index contributed by atoms with van der Waals surface area (Å²) >= 11 is 3.66. The lowest BCUT2D eigenvalue weighted by molar-refractivity contribution is -0.142. The molecule has 9 heteroatoms. The van der Waals surface area contributed by atoms with Crippen molar-refractivity contribution in [3.63, 3.8) is 0 Å². The fourth-order valence-corrected chi connectivity index (χ4v) is 6.49. The maximum atomic E-state index is 13.6. The number of amides is 3. The number of fused-ring (bicyclic) bond motifs is 1. The molecule has 33 heavy (non-hydrogen) atoms. The van der Waals surface area contributed by atoms with Crippen LogP contribution in [-0.4, -0.2) is 69.0 Å². The summed E-state index contributed by atoms with van der Waals surface area (Å²) in [7, 11) is 0. The van der Waals surface area contributed by atoms with Crippen LogP contribution in [0.3, 0.4) is 0 Å². The summed E-state index contributed by atoms with van der Waals surface area (Å²) in [4.78, 5) is 41.8. The Bertz CT molecular complexity index is 920. The molecule has 3 amide bonds. The zero-order valence-electron chi connectivity index (χ0n) is 19.2. The van der Waals surface area contributed by atoms with Crippen molar-refractivity contribution in [2.24, 2.45) is 11.8 Å². The van der Waals surface area contributed by atoms with Gasteiger partial charge in [-0.3, -0.25) is 14.4 Å². The molecular formula is C24H32BrN3O5. The molecule has 1 aromatic carbocycles. The smallest absolute Gasteiger partial charge is 0.246 e. The van der Waals surface area contributed by atoms with E-state index in [2.05, 4.69) is 26.6 Å². The van der Waals surface area contributed by atoms with Crippen LogP contribution in [-0.2, 0) is 25.7 Å². The number of rotatable bonds is 7. The van der Waals surface area contributed by atoms with Gasteiger partial charge < -0.3 is 25.4 Å². The van der Waals surface area contributed by atoms with Crippen molar-refractivity contribution in [2.75, 3.05) is 13.2 Å². The Labute approximate surface area is 202 Å². The fourth-order valence-electron chi connectivity index (χ4n) is 5.55. The molecule has 3 fully saturated rings. The molecule has 3 aliphatic rings. The normalized spacial score (nSPS) is 32.7. The Morgan fingerprint density at radius 2 is 1.94 bits per heavy atom. The molecule has 0 aliphatic carbocycles. The summed E-state index contributed by atoms with van der Waals surface area (Å²) in [6.07, 6.45) is 0.327. The number of benzene rings is 1. The molecule has 0 saturated carbocycles. The van der Waals surface area contributed by atoms with Crippen molar-refractivity contribution in [3.05, 3.63) is 35.9 Å². The SMILES string of the molecule is CC(C)(C)NC(=O)C1N(CCCO)C(=O)[C@@H]2[C@@H](C(=O)NCc3ccccc3)[C@@H]3OC12CC3Br. The first-order valence-electron chi connectivity index (χ1n) is 11.5. The lowest BCUT2D eigenvalue weighted by Gasteiger charge is -2.35. The van der Waals surface area contributed by atoms with E-state index in [1.807, 2.05) is 51.1 Å². The van der Waals surface area contributed by atoms with Crippen molar-refractivity contribution >= 4 is 33.7 Å². The van der Waals surface area contributed by atoms with Gasteiger partial charge in [-0.1, -0.05) is 46.3 Å². The number of alkyl halides is 1. The van der Waals surface area contributed by atoms with Crippen molar-refractivity contribution in [3.8, 4) is 0 Å². The third-order valence-electron chi connectivity index (χ3n) is 6.71. The van der Waals surface area contributed by atoms with E-state index in [-0.39, 0.29) is 35.7 Å². The van der Waals surface area contributed by atoms with Crippen LogP contribution >= 0.6 is 15.9 Å². The molecule has 2 bridgehead atoms. The molecule has 3 heterocycles. The highest BCUT2D eigenvalue weighted by Gasteiger charge is 2.76. The summed E-state index contributed by atoms with van der Waals surface area (Å²) in [6, 6.07) is 8.73. The van der Waals surface area contributed by atoms with Gasteiger partial charge in [-0.2, -0.15) is 0 Å². The highest BCUT2D eigenvalue weighted by atomic mass is 79.9. The summed E-state index contributed by atoms with van der Waals surface area (Å²) in [5.74, 6) is -2.21. The second kappa shape index (κ2) is 9.00.